The summed E-state index contributed by atoms with van der Waals surface area (Å²) in [6, 6.07) is 12.6. The molecule has 182 valence electrons. The van der Waals surface area contributed by atoms with Gasteiger partial charge < -0.3 is 9.64 Å². The zero-order valence-corrected chi connectivity index (χ0v) is 20.2. The fraction of sp³-hybridized carbons (Fsp3) is 0.462. The maximum absolute atomic E-state index is 13.6. The lowest BCUT2D eigenvalue weighted by atomic mass is 9.83. The van der Waals surface area contributed by atoms with Crippen LogP contribution in [0, 0.1) is 16.0 Å². The van der Waals surface area contributed by atoms with Gasteiger partial charge in [0.25, 0.3) is 5.69 Å². The van der Waals surface area contributed by atoms with E-state index in [2.05, 4.69) is 0 Å². The number of Topliss-reactive ketones (excluding diaryl/α,β-unsaturated/α-hetero) is 1. The first-order valence-electron chi connectivity index (χ1n) is 11.7. The Balaban J connectivity index is 1.90. The minimum atomic E-state index is -0.834. The second kappa shape index (κ2) is 12.5. The van der Waals surface area contributed by atoms with E-state index in [9.17, 15) is 19.7 Å². The summed E-state index contributed by atoms with van der Waals surface area (Å²) in [4.78, 5) is 38.7. The Morgan fingerprint density at radius 3 is 2.47 bits per heavy atom. The Kier molecular flexibility index (Phi) is 9.45. The summed E-state index contributed by atoms with van der Waals surface area (Å²) in [5.41, 5.74) is 1.47. The standard InChI is InChI=1S/C26H31ClN2O5/c1-34-23-9-5-8-20(16-23)14-15-28(25(31)18-27)26(21-10-12-22(13-11-21)29(32)33)24(30)17-19-6-3-2-4-7-19/h5,8-13,16,19,26H,2-4,6-7,14-15,17-18H2,1H3. The Morgan fingerprint density at radius 2 is 1.85 bits per heavy atom. The molecule has 1 aliphatic carbocycles. The molecule has 34 heavy (non-hydrogen) atoms. The highest BCUT2D eigenvalue weighted by Crippen LogP contribution is 2.32. The number of nitrogens with zero attached hydrogens (tertiary/aromatic N) is 2. The number of rotatable bonds is 11. The van der Waals surface area contributed by atoms with Crippen LogP contribution in [0.1, 0.15) is 55.7 Å². The van der Waals surface area contributed by atoms with Gasteiger partial charge in [0, 0.05) is 25.1 Å². The molecule has 3 rings (SSSR count). The number of benzene rings is 2. The molecule has 0 aromatic heterocycles. The average molecular weight is 487 g/mol. The van der Waals surface area contributed by atoms with E-state index in [1.54, 1.807) is 19.2 Å². The van der Waals surface area contributed by atoms with Gasteiger partial charge >= 0.3 is 0 Å². The van der Waals surface area contributed by atoms with E-state index in [0.717, 1.165) is 31.2 Å². The lowest BCUT2D eigenvalue weighted by Gasteiger charge is -2.32. The van der Waals surface area contributed by atoms with Crippen LogP contribution < -0.4 is 4.74 Å². The van der Waals surface area contributed by atoms with Crippen molar-refractivity contribution in [2.24, 2.45) is 5.92 Å². The van der Waals surface area contributed by atoms with Gasteiger partial charge in [-0.2, -0.15) is 0 Å². The Bertz CT molecular complexity index is 989. The van der Waals surface area contributed by atoms with E-state index in [1.165, 1.54) is 23.5 Å². The van der Waals surface area contributed by atoms with Gasteiger partial charge in [-0.25, -0.2) is 0 Å². The van der Waals surface area contributed by atoms with Gasteiger partial charge in [0.2, 0.25) is 5.91 Å². The quantitative estimate of drug-likeness (QED) is 0.238. The van der Waals surface area contributed by atoms with E-state index < -0.39 is 11.0 Å². The molecule has 0 aliphatic heterocycles. The lowest BCUT2D eigenvalue weighted by molar-refractivity contribution is -0.384. The van der Waals surface area contributed by atoms with Crippen LogP contribution in [0.15, 0.2) is 48.5 Å². The summed E-state index contributed by atoms with van der Waals surface area (Å²) < 4.78 is 5.29. The van der Waals surface area contributed by atoms with E-state index in [1.807, 2.05) is 24.3 Å². The molecule has 1 atom stereocenters. The molecular formula is C26H31ClN2O5. The zero-order chi connectivity index (χ0) is 24.5. The van der Waals surface area contributed by atoms with Gasteiger partial charge in [-0.1, -0.05) is 44.2 Å². The largest absolute Gasteiger partial charge is 0.497 e. The number of carbonyl (C=O) groups is 2. The summed E-state index contributed by atoms with van der Waals surface area (Å²) in [5, 5.41) is 11.1. The van der Waals surface area contributed by atoms with Gasteiger partial charge in [0.05, 0.1) is 12.0 Å². The normalized spacial score (nSPS) is 14.9. The minimum Gasteiger partial charge on any atom is -0.497 e. The molecule has 1 unspecified atom stereocenters. The van der Waals surface area contributed by atoms with Gasteiger partial charge in [-0.05, 0) is 47.7 Å². The average Bonchev–Trinajstić information content (AvgIpc) is 2.86. The number of alkyl halides is 1. The number of hydrogen-bond acceptors (Lipinski definition) is 5. The van der Waals surface area contributed by atoms with Crippen LogP contribution in [0.5, 0.6) is 5.75 Å². The molecule has 8 heteroatoms. The van der Waals surface area contributed by atoms with Crippen molar-refractivity contribution in [3.05, 3.63) is 69.8 Å². The molecule has 1 fully saturated rings. The summed E-state index contributed by atoms with van der Waals surface area (Å²) >= 11 is 5.96. The summed E-state index contributed by atoms with van der Waals surface area (Å²) in [6.45, 7) is 0.288. The van der Waals surface area contributed by atoms with Crippen molar-refractivity contribution in [1.82, 2.24) is 4.90 Å². The number of ketones is 1. The Hall–Kier alpha value is -2.93. The summed E-state index contributed by atoms with van der Waals surface area (Å²) in [6.07, 6.45) is 6.32. The van der Waals surface area contributed by atoms with Crippen LogP contribution in [0.2, 0.25) is 0 Å². The molecule has 1 aliphatic rings. The highest BCUT2D eigenvalue weighted by atomic mass is 35.5. The van der Waals surface area contributed by atoms with Crippen LogP contribution in [-0.2, 0) is 16.0 Å². The fourth-order valence-electron chi connectivity index (χ4n) is 4.66. The van der Waals surface area contributed by atoms with E-state index in [-0.39, 0.29) is 29.8 Å². The Morgan fingerprint density at radius 1 is 1.15 bits per heavy atom. The van der Waals surface area contributed by atoms with Crippen molar-refractivity contribution < 1.29 is 19.2 Å². The molecule has 1 amide bonds. The van der Waals surface area contributed by atoms with Crippen LogP contribution in [0.3, 0.4) is 0 Å². The van der Waals surface area contributed by atoms with Gasteiger partial charge in [0.15, 0.2) is 5.78 Å². The third kappa shape index (κ3) is 6.79. The Labute approximate surface area is 205 Å². The monoisotopic (exact) mass is 486 g/mol. The molecule has 0 heterocycles. The van der Waals surface area contributed by atoms with E-state index in [0.29, 0.717) is 30.1 Å². The van der Waals surface area contributed by atoms with E-state index >= 15 is 0 Å². The van der Waals surface area contributed by atoms with Crippen molar-refractivity contribution in [3.63, 3.8) is 0 Å². The smallest absolute Gasteiger partial charge is 0.269 e. The third-order valence-corrected chi connectivity index (χ3v) is 6.69. The number of ether oxygens (including phenoxy) is 1. The van der Waals surface area contributed by atoms with Gasteiger partial charge in [-0.3, -0.25) is 19.7 Å². The highest BCUT2D eigenvalue weighted by Gasteiger charge is 2.32. The molecule has 2 aromatic carbocycles. The van der Waals surface area contributed by atoms with Crippen molar-refractivity contribution in [2.75, 3.05) is 19.5 Å². The highest BCUT2D eigenvalue weighted by molar-refractivity contribution is 6.27. The number of amides is 1. The predicted octanol–water partition coefficient (Wildman–Crippen LogP) is 5.49. The maximum Gasteiger partial charge on any atom is 0.269 e. The molecule has 1 saturated carbocycles. The van der Waals surface area contributed by atoms with E-state index in [4.69, 9.17) is 16.3 Å². The second-order valence-corrected chi connectivity index (χ2v) is 9.02. The molecule has 0 bridgehead atoms. The molecule has 2 aromatic rings. The number of nitro benzene ring substituents is 1. The minimum absolute atomic E-state index is 0.0511. The number of halogens is 1. The van der Waals surface area contributed by atoms with Crippen molar-refractivity contribution in [1.29, 1.82) is 0 Å². The van der Waals surface area contributed by atoms with Crippen LogP contribution in [0.4, 0.5) is 5.69 Å². The topological polar surface area (TPSA) is 89.8 Å². The van der Waals surface area contributed by atoms with Crippen LogP contribution >= 0.6 is 11.6 Å². The number of non-ortho nitro benzene ring substituents is 1. The van der Waals surface area contributed by atoms with Crippen LogP contribution in [-0.4, -0.2) is 41.0 Å². The summed E-state index contributed by atoms with van der Waals surface area (Å²) in [5.74, 6) is 0.370. The number of hydrogen-bond donors (Lipinski definition) is 0. The van der Waals surface area contributed by atoms with Gasteiger partial charge in [0.1, 0.15) is 17.7 Å². The molecule has 0 N–H and O–H groups in total. The molecule has 0 radical (unpaired) electrons. The van der Waals surface area contributed by atoms with Crippen molar-refractivity contribution >= 4 is 29.0 Å². The number of carbonyl (C=O) groups excluding carboxylic acids is 2. The SMILES string of the molecule is COc1cccc(CCN(C(=O)CCl)C(C(=O)CC2CCCCC2)c2ccc([N+](=O)[O-])cc2)c1. The van der Waals surface area contributed by atoms with Crippen LogP contribution in [0.25, 0.3) is 0 Å². The van der Waals surface area contributed by atoms with Crippen molar-refractivity contribution in [2.45, 2.75) is 51.0 Å². The summed E-state index contributed by atoms with van der Waals surface area (Å²) in [7, 11) is 1.59. The second-order valence-electron chi connectivity index (χ2n) is 8.75. The first-order valence-corrected chi connectivity index (χ1v) is 12.2. The molecule has 7 nitrogen and oxygen atoms in total. The number of nitro groups is 1. The lowest BCUT2D eigenvalue weighted by Crippen LogP contribution is -2.41. The molecule has 0 spiro atoms. The van der Waals surface area contributed by atoms with Gasteiger partial charge in [-0.15, -0.1) is 11.6 Å². The maximum atomic E-state index is 13.6. The molecule has 0 saturated heterocycles. The predicted molar refractivity (Wildman–Crippen MR) is 131 cm³/mol. The fourth-order valence-corrected chi connectivity index (χ4v) is 4.81. The number of methoxy groups -OCH3 is 1. The first kappa shape index (κ1) is 25.7. The third-order valence-electron chi connectivity index (χ3n) is 6.46. The first-order chi connectivity index (χ1) is 16.4. The van der Waals surface area contributed by atoms with Crippen molar-refractivity contribution in [3.8, 4) is 5.75 Å². The zero-order valence-electron chi connectivity index (χ0n) is 19.5. The molecular weight excluding hydrogens is 456 g/mol.